The number of ether oxygens (including phenoxy) is 1. The summed E-state index contributed by atoms with van der Waals surface area (Å²) < 4.78 is 5.34. The molecule has 0 spiro atoms. The highest BCUT2D eigenvalue weighted by atomic mass is 32.1. The Hall–Kier alpha value is -2.49. The van der Waals surface area contributed by atoms with E-state index in [4.69, 9.17) is 4.74 Å². The van der Waals surface area contributed by atoms with Crippen LogP contribution in [-0.2, 0) is 9.53 Å². The first-order valence-electron chi connectivity index (χ1n) is 9.81. The van der Waals surface area contributed by atoms with Crippen LogP contribution in [0, 0.1) is 0 Å². The van der Waals surface area contributed by atoms with Gasteiger partial charge in [-0.2, -0.15) is 0 Å². The third-order valence-corrected chi connectivity index (χ3v) is 5.75. The molecule has 0 aliphatic carbocycles. The van der Waals surface area contributed by atoms with Crippen molar-refractivity contribution in [2.45, 2.75) is 19.9 Å². The lowest BCUT2D eigenvalue weighted by atomic mass is 10.0. The van der Waals surface area contributed by atoms with Crippen LogP contribution in [0.4, 0.5) is 5.13 Å². The highest BCUT2D eigenvalue weighted by Gasteiger charge is 2.26. The largest absolute Gasteiger partial charge is 0.378 e. The van der Waals surface area contributed by atoms with E-state index in [1.54, 1.807) is 5.38 Å². The Bertz CT molecular complexity index is 803. The Morgan fingerprint density at radius 1 is 1.17 bits per heavy atom. The number of hydrazine groups is 1. The van der Waals surface area contributed by atoms with Crippen molar-refractivity contribution in [1.29, 1.82) is 0 Å². The summed E-state index contributed by atoms with van der Waals surface area (Å²) in [6, 6.07) is 9.07. The molecule has 0 radical (unpaired) electrons. The molecule has 1 atom stereocenters. The fourth-order valence-corrected chi connectivity index (χ4v) is 4.13. The van der Waals surface area contributed by atoms with Gasteiger partial charge in [0.15, 0.2) is 5.13 Å². The molecule has 29 heavy (non-hydrogen) atoms. The topological polar surface area (TPSA) is 86.8 Å². The highest BCUT2D eigenvalue weighted by Crippen LogP contribution is 2.22. The number of carbonyl (C=O) groups excluding carboxylic acids is 2. The van der Waals surface area contributed by atoms with E-state index < -0.39 is 11.9 Å². The Labute approximate surface area is 174 Å². The number of hydrogen-bond acceptors (Lipinski definition) is 7. The molecule has 0 saturated carbocycles. The standard InChI is InChI=1S/C20H27N5O3S/c1-3-24(4-2)17(15-8-6-5-7-9-15)19(27)23-22-18(26)16-14-29-20(21-16)25-10-12-28-13-11-25/h5-9,14,17H,3-4,10-13H2,1-2H3,(H,22,26)(H,23,27). The maximum atomic E-state index is 12.9. The average molecular weight is 418 g/mol. The molecule has 1 aliphatic rings. The minimum absolute atomic E-state index is 0.281. The van der Waals surface area contributed by atoms with Crippen LogP contribution in [0.15, 0.2) is 35.7 Å². The lowest BCUT2D eigenvalue weighted by Crippen LogP contribution is -2.48. The third kappa shape index (κ3) is 5.31. The predicted molar refractivity (Wildman–Crippen MR) is 113 cm³/mol. The molecule has 0 bridgehead atoms. The summed E-state index contributed by atoms with van der Waals surface area (Å²) in [7, 11) is 0. The molecule has 2 aromatic rings. The van der Waals surface area contributed by atoms with E-state index in [-0.39, 0.29) is 11.6 Å². The summed E-state index contributed by atoms with van der Waals surface area (Å²) in [6.45, 7) is 8.27. The fourth-order valence-electron chi connectivity index (χ4n) is 3.27. The van der Waals surface area contributed by atoms with Gasteiger partial charge in [-0.1, -0.05) is 44.2 Å². The van der Waals surface area contributed by atoms with Crippen molar-refractivity contribution in [2.24, 2.45) is 0 Å². The van der Waals surface area contributed by atoms with Gasteiger partial charge in [0.25, 0.3) is 11.8 Å². The molecule has 1 unspecified atom stereocenters. The molecule has 3 rings (SSSR count). The van der Waals surface area contributed by atoms with Gasteiger partial charge in [-0.05, 0) is 18.7 Å². The van der Waals surface area contributed by atoms with Crippen LogP contribution in [0.3, 0.4) is 0 Å². The molecular formula is C20H27N5O3S. The van der Waals surface area contributed by atoms with Crippen molar-refractivity contribution in [3.8, 4) is 0 Å². The van der Waals surface area contributed by atoms with Crippen LogP contribution >= 0.6 is 11.3 Å². The number of anilines is 1. The first kappa shape index (κ1) is 21.2. The predicted octanol–water partition coefficient (Wildman–Crippen LogP) is 1.82. The van der Waals surface area contributed by atoms with E-state index in [0.717, 1.165) is 23.8 Å². The number of hydrogen-bond donors (Lipinski definition) is 2. The zero-order chi connectivity index (χ0) is 20.6. The van der Waals surface area contributed by atoms with Crippen LogP contribution in [0.25, 0.3) is 0 Å². The Morgan fingerprint density at radius 3 is 2.52 bits per heavy atom. The lowest BCUT2D eigenvalue weighted by Gasteiger charge is -2.28. The zero-order valence-electron chi connectivity index (χ0n) is 16.8. The highest BCUT2D eigenvalue weighted by molar-refractivity contribution is 7.13. The Balaban J connectivity index is 1.63. The van der Waals surface area contributed by atoms with Gasteiger partial charge in [-0.15, -0.1) is 11.3 Å². The summed E-state index contributed by atoms with van der Waals surface area (Å²) >= 11 is 1.41. The first-order valence-corrected chi connectivity index (χ1v) is 10.7. The number of amides is 2. The van der Waals surface area contributed by atoms with Crippen LogP contribution < -0.4 is 15.8 Å². The van der Waals surface area contributed by atoms with Gasteiger partial charge in [-0.25, -0.2) is 4.98 Å². The Morgan fingerprint density at radius 2 is 1.86 bits per heavy atom. The molecule has 1 saturated heterocycles. The molecule has 1 aromatic carbocycles. The minimum Gasteiger partial charge on any atom is -0.378 e. The number of benzene rings is 1. The second-order valence-corrected chi connectivity index (χ2v) is 7.43. The van der Waals surface area contributed by atoms with Gasteiger partial charge < -0.3 is 9.64 Å². The van der Waals surface area contributed by atoms with Crippen molar-refractivity contribution in [3.05, 3.63) is 47.0 Å². The number of nitrogens with zero attached hydrogens (tertiary/aromatic N) is 3. The number of thiazole rings is 1. The monoisotopic (exact) mass is 417 g/mol. The molecule has 2 heterocycles. The molecular weight excluding hydrogens is 390 g/mol. The second kappa shape index (κ2) is 10.3. The van der Waals surface area contributed by atoms with E-state index >= 15 is 0 Å². The smallest absolute Gasteiger partial charge is 0.289 e. The fraction of sp³-hybridized carbons (Fsp3) is 0.450. The van der Waals surface area contributed by atoms with E-state index in [2.05, 4.69) is 20.7 Å². The summed E-state index contributed by atoms with van der Waals surface area (Å²) in [6.07, 6.45) is 0. The first-order chi connectivity index (χ1) is 14.1. The maximum Gasteiger partial charge on any atom is 0.289 e. The number of morpholine rings is 1. The number of likely N-dealkylation sites (N-methyl/N-ethyl adjacent to an activating group) is 1. The molecule has 8 nitrogen and oxygen atoms in total. The molecule has 9 heteroatoms. The average Bonchev–Trinajstić information content (AvgIpc) is 3.27. The Kier molecular flexibility index (Phi) is 7.56. The van der Waals surface area contributed by atoms with Gasteiger partial charge in [-0.3, -0.25) is 25.3 Å². The zero-order valence-corrected chi connectivity index (χ0v) is 17.6. The summed E-state index contributed by atoms with van der Waals surface area (Å²) in [5.41, 5.74) is 6.24. The molecule has 1 aromatic heterocycles. The van der Waals surface area contributed by atoms with Crippen molar-refractivity contribution >= 4 is 28.3 Å². The van der Waals surface area contributed by atoms with E-state index in [9.17, 15) is 9.59 Å². The van der Waals surface area contributed by atoms with Gasteiger partial charge in [0, 0.05) is 18.5 Å². The number of carbonyl (C=O) groups is 2. The van der Waals surface area contributed by atoms with E-state index in [1.807, 2.05) is 49.1 Å². The number of nitrogens with one attached hydrogen (secondary N) is 2. The van der Waals surface area contributed by atoms with Crippen LogP contribution in [0.1, 0.15) is 35.9 Å². The molecule has 156 valence electrons. The molecule has 2 N–H and O–H groups in total. The summed E-state index contributed by atoms with van der Waals surface area (Å²) in [5, 5.41) is 2.49. The van der Waals surface area contributed by atoms with Crippen LogP contribution in [0.5, 0.6) is 0 Å². The molecule has 2 amide bonds. The van der Waals surface area contributed by atoms with Crippen molar-refractivity contribution in [1.82, 2.24) is 20.7 Å². The quantitative estimate of drug-likeness (QED) is 0.669. The van der Waals surface area contributed by atoms with Gasteiger partial charge >= 0.3 is 0 Å². The van der Waals surface area contributed by atoms with Crippen molar-refractivity contribution < 1.29 is 14.3 Å². The SMILES string of the molecule is CCN(CC)C(C(=O)NNC(=O)c1csc(N2CCOCC2)n1)c1ccccc1. The second-order valence-electron chi connectivity index (χ2n) is 6.59. The maximum absolute atomic E-state index is 12.9. The minimum atomic E-state index is -0.481. The van der Waals surface area contributed by atoms with Crippen molar-refractivity contribution in [3.63, 3.8) is 0 Å². The van der Waals surface area contributed by atoms with Gasteiger partial charge in [0.1, 0.15) is 11.7 Å². The normalized spacial score (nSPS) is 15.2. The number of rotatable bonds is 7. The van der Waals surface area contributed by atoms with Crippen molar-refractivity contribution in [2.75, 3.05) is 44.3 Å². The summed E-state index contributed by atoms with van der Waals surface area (Å²) in [4.78, 5) is 33.9. The van der Waals surface area contributed by atoms with Gasteiger partial charge in [0.05, 0.1) is 13.2 Å². The molecule has 1 fully saturated rings. The lowest BCUT2D eigenvalue weighted by molar-refractivity contribution is -0.127. The van der Waals surface area contributed by atoms with E-state index in [0.29, 0.717) is 26.3 Å². The van der Waals surface area contributed by atoms with Gasteiger partial charge in [0.2, 0.25) is 0 Å². The van der Waals surface area contributed by atoms with Crippen LogP contribution in [-0.4, -0.2) is 61.1 Å². The summed E-state index contributed by atoms with van der Waals surface area (Å²) in [5.74, 6) is -0.711. The molecule has 1 aliphatic heterocycles. The number of aromatic nitrogens is 1. The van der Waals surface area contributed by atoms with Crippen LogP contribution in [0.2, 0.25) is 0 Å². The van der Waals surface area contributed by atoms with E-state index in [1.165, 1.54) is 11.3 Å². The third-order valence-electron chi connectivity index (χ3n) is 4.85.